The summed E-state index contributed by atoms with van der Waals surface area (Å²) in [5.41, 5.74) is 2.27. The fourth-order valence-electron chi connectivity index (χ4n) is 3.01. The minimum Gasteiger partial charge on any atom is -0.299 e. The second kappa shape index (κ2) is 9.29. The summed E-state index contributed by atoms with van der Waals surface area (Å²) < 4.78 is 27.7. The van der Waals surface area contributed by atoms with E-state index in [-0.39, 0.29) is 4.90 Å². The fourth-order valence-corrected chi connectivity index (χ4v) is 5.21. The van der Waals surface area contributed by atoms with Gasteiger partial charge in [-0.05, 0) is 31.2 Å². The SMILES string of the molecule is Cc1ccc(N(CC(=O)Nc2nnc(-c3ccccc3)s2)S(=O)(=O)c2ccccc2)cc1. The van der Waals surface area contributed by atoms with Crippen LogP contribution >= 0.6 is 11.3 Å². The van der Waals surface area contributed by atoms with E-state index in [0.717, 1.165) is 15.4 Å². The van der Waals surface area contributed by atoms with Crippen molar-refractivity contribution in [2.24, 2.45) is 0 Å². The highest BCUT2D eigenvalue weighted by atomic mass is 32.2. The van der Waals surface area contributed by atoms with Crippen molar-refractivity contribution in [3.8, 4) is 10.6 Å². The number of rotatable bonds is 7. The fraction of sp³-hybridized carbons (Fsp3) is 0.0870. The molecule has 0 atom stereocenters. The van der Waals surface area contributed by atoms with E-state index in [1.165, 1.54) is 23.5 Å². The van der Waals surface area contributed by atoms with Crippen LogP contribution in [-0.4, -0.2) is 31.1 Å². The molecule has 0 fully saturated rings. The van der Waals surface area contributed by atoms with Gasteiger partial charge in [-0.25, -0.2) is 8.42 Å². The van der Waals surface area contributed by atoms with Crippen LogP contribution in [0.3, 0.4) is 0 Å². The summed E-state index contributed by atoms with van der Waals surface area (Å²) in [6.07, 6.45) is 0. The van der Waals surface area contributed by atoms with Crippen LogP contribution in [0.1, 0.15) is 5.56 Å². The van der Waals surface area contributed by atoms with Crippen LogP contribution in [0.2, 0.25) is 0 Å². The van der Waals surface area contributed by atoms with E-state index in [2.05, 4.69) is 15.5 Å². The zero-order valence-electron chi connectivity index (χ0n) is 17.2. The Morgan fingerprint density at radius 1 is 0.906 bits per heavy atom. The molecule has 0 aliphatic rings. The van der Waals surface area contributed by atoms with Crippen molar-refractivity contribution in [1.29, 1.82) is 0 Å². The van der Waals surface area contributed by atoms with E-state index in [1.807, 2.05) is 37.3 Å². The summed E-state index contributed by atoms with van der Waals surface area (Å²) in [5.74, 6) is -0.513. The highest BCUT2D eigenvalue weighted by Crippen LogP contribution is 2.27. The normalized spacial score (nSPS) is 11.2. The van der Waals surface area contributed by atoms with Crippen molar-refractivity contribution in [2.45, 2.75) is 11.8 Å². The topological polar surface area (TPSA) is 92.3 Å². The number of sulfonamides is 1. The Hall–Kier alpha value is -3.56. The lowest BCUT2D eigenvalue weighted by molar-refractivity contribution is -0.114. The van der Waals surface area contributed by atoms with Gasteiger partial charge in [0, 0.05) is 5.56 Å². The van der Waals surface area contributed by atoms with E-state index in [0.29, 0.717) is 15.8 Å². The van der Waals surface area contributed by atoms with Gasteiger partial charge in [-0.15, -0.1) is 10.2 Å². The van der Waals surface area contributed by atoms with Crippen molar-refractivity contribution < 1.29 is 13.2 Å². The van der Waals surface area contributed by atoms with E-state index in [4.69, 9.17) is 0 Å². The van der Waals surface area contributed by atoms with Crippen LogP contribution in [0.5, 0.6) is 0 Å². The van der Waals surface area contributed by atoms with Crippen molar-refractivity contribution in [1.82, 2.24) is 10.2 Å². The Labute approximate surface area is 190 Å². The molecule has 1 heterocycles. The lowest BCUT2D eigenvalue weighted by Crippen LogP contribution is -2.38. The predicted octanol–water partition coefficient (Wildman–Crippen LogP) is 4.35. The Balaban J connectivity index is 1.58. The minimum absolute atomic E-state index is 0.107. The van der Waals surface area contributed by atoms with E-state index < -0.39 is 22.5 Å². The van der Waals surface area contributed by atoms with E-state index >= 15 is 0 Å². The third-order valence-electron chi connectivity index (χ3n) is 4.63. The van der Waals surface area contributed by atoms with Gasteiger partial charge in [0.25, 0.3) is 10.0 Å². The zero-order chi connectivity index (χ0) is 22.6. The Bertz CT molecular complexity index is 1310. The molecule has 7 nitrogen and oxygen atoms in total. The maximum Gasteiger partial charge on any atom is 0.264 e. The van der Waals surface area contributed by atoms with E-state index in [9.17, 15) is 13.2 Å². The molecular formula is C23H20N4O3S2. The van der Waals surface area contributed by atoms with Crippen LogP contribution in [0.15, 0.2) is 89.8 Å². The van der Waals surface area contributed by atoms with E-state index in [1.54, 1.807) is 42.5 Å². The molecular weight excluding hydrogens is 444 g/mol. The highest BCUT2D eigenvalue weighted by molar-refractivity contribution is 7.92. The molecule has 32 heavy (non-hydrogen) atoms. The Morgan fingerprint density at radius 3 is 2.19 bits per heavy atom. The number of carbonyl (C=O) groups excluding carboxylic acids is 1. The third-order valence-corrected chi connectivity index (χ3v) is 7.31. The number of amides is 1. The van der Waals surface area contributed by atoms with Crippen LogP contribution in [-0.2, 0) is 14.8 Å². The van der Waals surface area contributed by atoms with Crippen LogP contribution in [0, 0.1) is 6.92 Å². The second-order valence-corrected chi connectivity index (χ2v) is 9.83. The first-order valence-electron chi connectivity index (χ1n) is 9.77. The molecule has 1 amide bonds. The standard InChI is InChI=1S/C23H20N4O3S2/c1-17-12-14-19(15-13-17)27(32(29,30)20-10-6-3-7-11-20)16-21(28)24-23-26-25-22(31-23)18-8-4-2-5-9-18/h2-15H,16H2,1H3,(H,24,26,28). The first kappa shape index (κ1) is 21.7. The average molecular weight is 465 g/mol. The van der Waals surface area contributed by atoms with Crippen LogP contribution < -0.4 is 9.62 Å². The molecule has 0 spiro atoms. The third kappa shape index (κ3) is 4.84. The number of nitrogens with one attached hydrogen (secondary N) is 1. The molecule has 1 aromatic heterocycles. The van der Waals surface area contributed by atoms with Gasteiger partial charge in [-0.3, -0.25) is 14.4 Å². The number of hydrogen-bond acceptors (Lipinski definition) is 6. The monoisotopic (exact) mass is 464 g/mol. The highest BCUT2D eigenvalue weighted by Gasteiger charge is 2.27. The summed E-state index contributed by atoms with van der Waals surface area (Å²) in [6, 6.07) is 24.5. The summed E-state index contributed by atoms with van der Waals surface area (Å²) in [7, 11) is -3.95. The van der Waals surface area contributed by atoms with Crippen molar-refractivity contribution in [3.63, 3.8) is 0 Å². The Kier molecular flexibility index (Phi) is 6.29. The minimum atomic E-state index is -3.95. The first-order valence-corrected chi connectivity index (χ1v) is 12.0. The van der Waals surface area contributed by atoms with Gasteiger partial charge in [0.15, 0.2) is 0 Å². The van der Waals surface area contributed by atoms with Gasteiger partial charge in [0.2, 0.25) is 11.0 Å². The first-order chi connectivity index (χ1) is 15.4. The number of hydrogen-bond donors (Lipinski definition) is 1. The van der Waals surface area contributed by atoms with Gasteiger partial charge in [0.05, 0.1) is 10.6 Å². The van der Waals surface area contributed by atoms with Crippen molar-refractivity contribution >= 4 is 38.1 Å². The Morgan fingerprint density at radius 2 is 1.53 bits per heavy atom. The van der Waals surface area contributed by atoms with Gasteiger partial charge in [-0.1, -0.05) is 77.6 Å². The largest absolute Gasteiger partial charge is 0.299 e. The zero-order valence-corrected chi connectivity index (χ0v) is 18.8. The molecule has 0 bridgehead atoms. The van der Waals surface area contributed by atoms with Gasteiger partial charge in [0.1, 0.15) is 11.6 Å². The smallest absolute Gasteiger partial charge is 0.264 e. The molecule has 4 rings (SSSR count). The van der Waals surface area contributed by atoms with Crippen LogP contribution in [0.4, 0.5) is 10.8 Å². The molecule has 9 heteroatoms. The molecule has 162 valence electrons. The lowest BCUT2D eigenvalue weighted by atomic mass is 10.2. The van der Waals surface area contributed by atoms with Gasteiger partial charge >= 0.3 is 0 Å². The lowest BCUT2D eigenvalue weighted by Gasteiger charge is -2.24. The summed E-state index contributed by atoms with van der Waals surface area (Å²) in [5, 5.41) is 11.7. The number of carbonyl (C=O) groups is 1. The quantitative estimate of drug-likeness (QED) is 0.439. The number of aryl methyl sites for hydroxylation is 1. The summed E-state index contributed by atoms with van der Waals surface area (Å²) in [4.78, 5) is 12.9. The summed E-state index contributed by atoms with van der Waals surface area (Å²) in [6.45, 7) is 1.51. The molecule has 0 saturated heterocycles. The molecule has 0 saturated carbocycles. The second-order valence-electron chi connectivity index (χ2n) is 6.99. The molecule has 0 aliphatic heterocycles. The summed E-state index contributed by atoms with van der Waals surface area (Å²) >= 11 is 1.22. The molecule has 0 aliphatic carbocycles. The molecule has 0 unspecified atom stereocenters. The van der Waals surface area contributed by atoms with Crippen LogP contribution in [0.25, 0.3) is 10.6 Å². The van der Waals surface area contributed by atoms with Gasteiger partial charge < -0.3 is 0 Å². The maximum absolute atomic E-state index is 13.3. The average Bonchev–Trinajstić information content (AvgIpc) is 3.28. The molecule has 3 aromatic carbocycles. The van der Waals surface area contributed by atoms with Crippen molar-refractivity contribution in [2.75, 3.05) is 16.2 Å². The predicted molar refractivity (Wildman–Crippen MR) is 126 cm³/mol. The number of nitrogens with zero attached hydrogens (tertiary/aromatic N) is 3. The van der Waals surface area contributed by atoms with Crippen molar-refractivity contribution in [3.05, 3.63) is 90.5 Å². The number of benzene rings is 3. The molecule has 4 aromatic rings. The number of anilines is 2. The number of aromatic nitrogens is 2. The maximum atomic E-state index is 13.3. The molecule has 0 radical (unpaired) electrons. The van der Waals surface area contributed by atoms with Gasteiger partial charge in [-0.2, -0.15) is 0 Å². The molecule has 1 N–H and O–H groups in total.